The van der Waals surface area contributed by atoms with Crippen molar-refractivity contribution >= 4 is 80.3 Å². The summed E-state index contributed by atoms with van der Waals surface area (Å²) < 4.78 is 6.70. The van der Waals surface area contributed by atoms with Crippen molar-refractivity contribution in [1.29, 1.82) is 0 Å². The van der Waals surface area contributed by atoms with Crippen LogP contribution in [0.25, 0.3) is 0 Å². The molecule has 2 amide bonds. The Morgan fingerprint density at radius 1 is 1.00 bits per heavy atom. The first-order valence-electron chi connectivity index (χ1n) is 9.15. The summed E-state index contributed by atoms with van der Waals surface area (Å²) in [5, 5.41) is 8.11. The van der Waals surface area contributed by atoms with E-state index in [0.717, 1.165) is 15.6 Å². The highest BCUT2D eigenvalue weighted by molar-refractivity contribution is 9.10. The third-order valence-electron chi connectivity index (χ3n) is 4.18. The Bertz CT molecular complexity index is 1160. The fourth-order valence-electron chi connectivity index (χ4n) is 2.62. The number of ether oxygens (including phenoxy) is 1. The second-order valence-corrected chi connectivity index (χ2v) is 9.12. The maximum Gasteiger partial charge on any atom is 0.339 e. The summed E-state index contributed by atoms with van der Waals surface area (Å²) in [5.41, 5.74) is 5.43. The van der Waals surface area contributed by atoms with Gasteiger partial charge in [0.2, 0.25) is 0 Å². The average Bonchev–Trinajstić information content (AvgIpc) is 2.72. The summed E-state index contributed by atoms with van der Waals surface area (Å²) in [6, 6.07) is 13.4. The minimum atomic E-state index is -0.484. The first-order valence-corrected chi connectivity index (χ1v) is 11.5. The summed E-state index contributed by atoms with van der Waals surface area (Å²) in [5.74, 6) is 0.327. The Morgan fingerprint density at radius 3 is 2.38 bits per heavy atom. The number of carbonyl (C=O) groups excluding carboxylic acids is 1. The number of amides is 2. The highest BCUT2D eigenvalue weighted by Gasteiger charge is 2.10. The van der Waals surface area contributed by atoms with E-state index in [1.54, 1.807) is 36.4 Å². The molecule has 0 radical (unpaired) electrons. The van der Waals surface area contributed by atoms with E-state index < -0.39 is 6.03 Å². The van der Waals surface area contributed by atoms with Crippen molar-refractivity contribution in [1.82, 2.24) is 5.43 Å². The number of anilines is 1. The molecule has 0 aliphatic rings. The number of halogens is 5. The highest BCUT2D eigenvalue weighted by Crippen LogP contribution is 2.35. The maximum atomic E-state index is 12.0. The van der Waals surface area contributed by atoms with Crippen molar-refractivity contribution in [2.75, 3.05) is 5.32 Å². The van der Waals surface area contributed by atoms with E-state index in [2.05, 4.69) is 31.8 Å². The van der Waals surface area contributed by atoms with Gasteiger partial charge in [-0.3, -0.25) is 0 Å². The van der Waals surface area contributed by atoms with E-state index in [0.29, 0.717) is 37.1 Å². The van der Waals surface area contributed by atoms with Gasteiger partial charge in [-0.25, -0.2) is 10.2 Å². The fourth-order valence-corrected chi connectivity index (χ4v) is 3.80. The van der Waals surface area contributed by atoms with Gasteiger partial charge in [0, 0.05) is 10.2 Å². The lowest BCUT2D eigenvalue weighted by Crippen LogP contribution is -2.24. The molecule has 0 unspecified atom stereocenters. The first-order chi connectivity index (χ1) is 15.2. The molecule has 2 N–H and O–H groups in total. The minimum absolute atomic E-state index is 0.209. The Hall–Kier alpha value is -1.96. The smallest absolute Gasteiger partial charge is 0.339 e. The molecule has 3 rings (SSSR count). The molecule has 0 saturated carbocycles. The quantitative estimate of drug-likeness (QED) is 0.230. The molecular weight excluding hydrogens is 560 g/mol. The SMILES string of the molecule is Cc1cc(NC(=O)N/N=C/c2cc(Cl)c(OCc3ccc(Cl)c(Cl)c3)c(Cl)c2)ccc1Br. The Kier molecular flexibility index (Phi) is 8.68. The van der Waals surface area contributed by atoms with Crippen molar-refractivity contribution in [2.45, 2.75) is 13.5 Å². The van der Waals surface area contributed by atoms with Crippen LogP contribution in [0.3, 0.4) is 0 Å². The van der Waals surface area contributed by atoms with Crippen LogP contribution in [0.2, 0.25) is 20.1 Å². The molecule has 10 heteroatoms. The van der Waals surface area contributed by atoms with Gasteiger partial charge in [-0.1, -0.05) is 68.4 Å². The van der Waals surface area contributed by atoms with Gasteiger partial charge in [0.15, 0.2) is 5.75 Å². The van der Waals surface area contributed by atoms with E-state index in [-0.39, 0.29) is 6.61 Å². The Morgan fingerprint density at radius 2 is 1.72 bits per heavy atom. The van der Waals surface area contributed by atoms with Crippen molar-refractivity contribution < 1.29 is 9.53 Å². The lowest BCUT2D eigenvalue weighted by Gasteiger charge is -2.11. The van der Waals surface area contributed by atoms with E-state index in [1.807, 2.05) is 19.1 Å². The number of hydrogen-bond donors (Lipinski definition) is 2. The molecule has 32 heavy (non-hydrogen) atoms. The van der Waals surface area contributed by atoms with Crippen molar-refractivity contribution in [3.05, 3.63) is 89.8 Å². The normalized spacial score (nSPS) is 10.9. The van der Waals surface area contributed by atoms with Crippen molar-refractivity contribution in [3.63, 3.8) is 0 Å². The van der Waals surface area contributed by atoms with E-state index in [9.17, 15) is 4.79 Å². The number of urea groups is 1. The fraction of sp³-hybridized carbons (Fsp3) is 0.0909. The lowest BCUT2D eigenvalue weighted by atomic mass is 10.2. The third-order valence-corrected chi connectivity index (χ3v) is 6.37. The van der Waals surface area contributed by atoms with Crippen LogP contribution in [0, 0.1) is 6.92 Å². The van der Waals surface area contributed by atoms with E-state index in [1.165, 1.54) is 6.21 Å². The number of rotatable bonds is 6. The van der Waals surface area contributed by atoms with Gasteiger partial charge in [-0.05, 0) is 66.1 Å². The number of nitrogens with one attached hydrogen (secondary N) is 2. The number of carbonyl (C=O) groups is 1. The predicted octanol–water partition coefficient (Wildman–Crippen LogP) is 8.11. The Labute approximate surface area is 213 Å². The maximum absolute atomic E-state index is 12.0. The molecule has 0 aliphatic carbocycles. The highest BCUT2D eigenvalue weighted by atomic mass is 79.9. The van der Waals surface area contributed by atoms with Crippen LogP contribution in [0.5, 0.6) is 5.75 Å². The van der Waals surface area contributed by atoms with Gasteiger partial charge in [0.05, 0.1) is 26.3 Å². The number of benzene rings is 3. The van der Waals surface area contributed by atoms with Gasteiger partial charge in [0.1, 0.15) is 6.61 Å². The number of nitrogens with zero attached hydrogens (tertiary/aromatic N) is 1. The summed E-state index contributed by atoms with van der Waals surface area (Å²) in [6.45, 7) is 2.14. The molecule has 3 aromatic carbocycles. The van der Waals surface area contributed by atoms with Crippen molar-refractivity contribution in [3.8, 4) is 5.75 Å². The van der Waals surface area contributed by atoms with Gasteiger partial charge in [-0.15, -0.1) is 0 Å². The van der Waals surface area contributed by atoms with Crippen LogP contribution >= 0.6 is 62.3 Å². The summed E-state index contributed by atoms with van der Waals surface area (Å²) in [6.07, 6.45) is 1.42. The summed E-state index contributed by atoms with van der Waals surface area (Å²) in [4.78, 5) is 12.0. The lowest BCUT2D eigenvalue weighted by molar-refractivity contribution is 0.252. The second-order valence-electron chi connectivity index (χ2n) is 6.64. The standard InChI is InChI=1S/C22H16BrCl4N3O2/c1-12-6-15(3-4-16(12)23)29-22(31)30-28-10-14-8-19(26)21(20(27)9-14)32-11-13-2-5-17(24)18(25)7-13/h2-10H,11H2,1H3,(H2,29,30,31)/b28-10+. The molecule has 3 aromatic rings. The molecule has 0 saturated heterocycles. The van der Waals surface area contributed by atoms with Gasteiger partial charge in [0.25, 0.3) is 0 Å². The van der Waals surface area contributed by atoms with Crippen molar-refractivity contribution in [2.24, 2.45) is 5.10 Å². The zero-order chi connectivity index (χ0) is 23.3. The molecule has 0 fully saturated rings. The molecule has 0 heterocycles. The zero-order valence-corrected chi connectivity index (χ0v) is 21.2. The largest absolute Gasteiger partial charge is 0.486 e. The van der Waals surface area contributed by atoms with Crippen LogP contribution < -0.4 is 15.5 Å². The topological polar surface area (TPSA) is 62.7 Å². The van der Waals surface area contributed by atoms with Gasteiger partial charge < -0.3 is 10.1 Å². The van der Waals surface area contributed by atoms with Crippen LogP contribution in [-0.4, -0.2) is 12.2 Å². The van der Waals surface area contributed by atoms with Crippen LogP contribution in [0.1, 0.15) is 16.7 Å². The molecule has 5 nitrogen and oxygen atoms in total. The number of hydrazone groups is 1. The van der Waals surface area contributed by atoms with Gasteiger partial charge in [-0.2, -0.15) is 5.10 Å². The zero-order valence-electron chi connectivity index (χ0n) is 16.6. The number of aryl methyl sites for hydroxylation is 1. The third kappa shape index (κ3) is 6.77. The Balaban J connectivity index is 1.59. The monoisotopic (exact) mass is 573 g/mol. The predicted molar refractivity (Wildman–Crippen MR) is 136 cm³/mol. The molecule has 0 spiro atoms. The van der Waals surface area contributed by atoms with Crippen LogP contribution in [0.4, 0.5) is 10.5 Å². The van der Waals surface area contributed by atoms with E-state index >= 15 is 0 Å². The number of hydrogen-bond acceptors (Lipinski definition) is 3. The molecule has 0 aromatic heterocycles. The molecular formula is C22H16BrCl4N3O2. The molecule has 0 aliphatic heterocycles. The van der Waals surface area contributed by atoms with Crippen LogP contribution in [0.15, 0.2) is 58.1 Å². The molecule has 0 bridgehead atoms. The molecule has 0 atom stereocenters. The summed E-state index contributed by atoms with van der Waals surface area (Å²) >= 11 is 28.0. The van der Waals surface area contributed by atoms with Crippen LogP contribution in [-0.2, 0) is 6.61 Å². The summed E-state index contributed by atoms with van der Waals surface area (Å²) in [7, 11) is 0. The second kappa shape index (κ2) is 11.3. The molecule has 166 valence electrons. The first kappa shape index (κ1) is 24.7. The van der Waals surface area contributed by atoms with Gasteiger partial charge >= 0.3 is 6.03 Å². The minimum Gasteiger partial charge on any atom is -0.486 e. The van der Waals surface area contributed by atoms with E-state index in [4.69, 9.17) is 51.1 Å². The average molecular weight is 576 g/mol.